The molecule has 82 valence electrons. The van der Waals surface area contributed by atoms with Crippen molar-refractivity contribution in [2.45, 2.75) is 6.42 Å². The van der Waals surface area contributed by atoms with Crippen molar-refractivity contribution in [3.05, 3.63) is 36.0 Å². The summed E-state index contributed by atoms with van der Waals surface area (Å²) in [5.74, 6) is -1.41. The fourth-order valence-electron chi connectivity index (χ4n) is 1.31. The molecule has 2 rings (SSSR count). The zero-order chi connectivity index (χ0) is 11.5. The summed E-state index contributed by atoms with van der Waals surface area (Å²) >= 11 is 0. The van der Waals surface area contributed by atoms with Gasteiger partial charge in [0.05, 0.1) is 18.3 Å². The number of carbonyl (C=O) groups is 1. The molecule has 0 spiro atoms. The van der Waals surface area contributed by atoms with Gasteiger partial charge in [0.25, 0.3) is 0 Å². The van der Waals surface area contributed by atoms with Crippen LogP contribution in [0, 0.1) is 5.82 Å². The van der Waals surface area contributed by atoms with E-state index in [-0.39, 0.29) is 6.42 Å². The van der Waals surface area contributed by atoms with Crippen LogP contribution in [-0.2, 0) is 11.2 Å². The molecule has 2 N–H and O–H groups in total. The van der Waals surface area contributed by atoms with Crippen LogP contribution >= 0.6 is 0 Å². The van der Waals surface area contributed by atoms with Crippen LogP contribution in [0.5, 0.6) is 0 Å². The minimum Gasteiger partial charge on any atom is -0.481 e. The standard InChI is InChI=1S/C10H8FN3O2/c11-7-1-6(4-12-5-7)9-2-8(13-14-9)3-10(15)16/h1-2,4-5H,3H2,(H,13,14)(H,15,16). The summed E-state index contributed by atoms with van der Waals surface area (Å²) in [5, 5.41) is 15.0. The number of nitrogens with one attached hydrogen (secondary N) is 1. The van der Waals surface area contributed by atoms with Crippen LogP contribution in [0.1, 0.15) is 5.69 Å². The monoisotopic (exact) mass is 221 g/mol. The van der Waals surface area contributed by atoms with Gasteiger partial charge in [0.1, 0.15) is 5.82 Å². The van der Waals surface area contributed by atoms with Crippen LogP contribution in [0.15, 0.2) is 24.5 Å². The third-order valence-corrected chi connectivity index (χ3v) is 1.97. The smallest absolute Gasteiger partial charge is 0.309 e. The van der Waals surface area contributed by atoms with Crippen molar-refractivity contribution in [1.82, 2.24) is 15.2 Å². The van der Waals surface area contributed by atoms with E-state index in [0.29, 0.717) is 17.0 Å². The van der Waals surface area contributed by atoms with Gasteiger partial charge in [0.2, 0.25) is 0 Å². The minimum absolute atomic E-state index is 0.143. The Kier molecular flexibility index (Phi) is 2.63. The zero-order valence-corrected chi connectivity index (χ0v) is 8.14. The van der Waals surface area contributed by atoms with Crippen LogP contribution in [0.2, 0.25) is 0 Å². The van der Waals surface area contributed by atoms with Gasteiger partial charge < -0.3 is 5.11 Å². The van der Waals surface area contributed by atoms with E-state index < -0.39 is 11.8 Å². The highest BCUT2D eigenvalue weighted by Gasteiger charge is 2.07. The Morgan fingerprint density at radius 3 is 2.94 bits per heavy atom. The topological polar surface area (TPSA) is 78.9 Å². The third kappa shape index (κ3) is 2.22. The molecule has 0 aliphatic carbocycles. The summed E-state index contributed by atoms with van der Waals surface area (Å²) in [5.41, 5.74) is 1.45. The third-order valence-electron chi connectivity index (χ3n) is 1.97. The van der Waals surface area contributed by atoms with Gasteiger partial charge in [0.15, 0.2) is 0 Å². The van der Waals surface area contributed by atoms with E-state index in [1.165, 1.54) is 12.3 Å². The van der Waals surface area contributed by atoms with Gasteiger partial charge in [-0.05, 0) is 12.1 Å². The van der Waals surface area contributed by atoms with Gasteiger partial charge in [0, 0.05) is 17.5 Å². The normalized spacial score (nSPS) is 10.3. The van der Waals surface area contributed by atoms with E-state index in [9.17, 15) is 9.18 Å². The quantitative estimate of drug-likeness (QED) is 0.817. The van der Waals surface area contributed by atoms with Crippen molar-refractivity contribution in [1.29, 1.82) is 0 Å². The number of H-pyrrole nitrogens is 1. The predicted octanol–water partition coefficient (Wildman–Crippen LogP) is 1.24. The van der Waals surface area contributed by atoms with E-state index >= 15 is 0 Å². The molecule has 0 aliphatic rings. The molecule has 0 bridgehead atoms. The number of carboxylic acid groups (broad SMARTS) is 1. The highest BCUT2D eigenvalue weighted by molar-refractivity contribution is 5.70. The van der Waals surface area contributed by atoms with E-state index in [1.807, 2.05) is 0 Å². The Labute approximate surface area is 90.0 Å². The zero-order valence-electron chi connectivity index (χ0n) is 8.14. The molecule has 5 nitrogen and oxygen atoms in total. The molecule has 2 aromatic heterocycles. The molecule has 2 heterocycles. The van der Waals surface area contributed by atoms with E-state index in [1.54, 1.807) is 6.07 Å². The number of nitrogens with zero attached hydrogens (tertiary/aromatic N) is 2. The lowest BCUT2D eigenvalue weighted by molar-refractivity contribution is -0.136. The minimum atomic E-state index is -0.951. The summed E-state index contributed by atoms with van der Waals surface area (Å²) in [4.78, 5) is 14.1. The first-order valence-corrected chi connectivity index (χ1v) is 4.52. The highest BCUT2D eigenvalue weighted by Crippen LogP contribution is 2.17. The first-order chi connectivity index (χ1) is 7.65. The van der Waals surface area contributed by atoms with Crippen molar-refractivity contribution in [3.8, 4) is 11.3 Å². The van der Waals surface area contributed by atoms with E-state index in [2.05, 4.69) is 15.2 Å². The SMILES string of the molecule is O=C(O)Cc1cc(-c2cncc(F)c2)n[nH]1. The first kappa shape index (κ1) is 10.3. The summed E-state index contributed by atoms with van der Waals surface area (Å²) in [6, 6.07) is 2.85. The van der Waals surface area contributed by atoms with Crippen LogP contribution in [0.3, 0.4) is 0 Å². The molecular formula is C10H8FN3O2. The number of carboxylic acids is 1. The van der Waals surface area contributed by atoms with Gasteiger partial charge in [-0.25, -0.2) is 4.39 Å². The molecule has 6 heteroatoms. The maximum atomic E-state index is 12.9. The number of aromatic amines is 1. The molecule has 0 radical (unpaired) electrons. The molecule has 0 atom stereocenters. The lowest BCUT2D eigenvalue weighted by Gasteiger charge is -1.94. The van der Waals surface area contributed by atoms with E-state index in [4.69, 9.17) is 5.11 Å². The summed E-state index contributed by atoms with van der Waals surface area (Å²) in [6.07, 6.45) is 2.41. The molecule has 0 amide bonds. The molecule has 16 heavy (non-hydrogen) atoms. The average molecular weight is 221 g/mol. The number of hydrogen-bond acceptors (Lipinski definition) is 3. The molecule has 0 aliphatic heterocycles. The maximum absolute atomic E-state index is 12.9. The van der Waals surface area contributed by atoms with Crippen molar-refractivity contribution in [3.63, 3.8) is 0 Å². The number of halogens is 1. The average Bonchev–Trinajstić information content (AvgIpc) is 2.65. The first-order valence-electron chi connectivity index (χ1n) is 4.52. The highest BCUT2D eigenvalue weighted by atomic mass is 19.1. The molecule has 0 saturated heterocycles. The van der Waals surface area contributed by atoms with Crippen LogP contribution in [0.25, 0.3) is 11.3 Å². The lowest BCUT2D eigenvalue weighted by Crippen LogP contribution is -1.99. The molecule has 0 fully saturated rings. The second-order valence-corrected chi connectivity index (χ2v) is 3.24. The maximum Gasteiger partial charge on any atom is 0.309 e. The number of rotatable bonds is 3. The van der Waals surface area contributed by atoms with Gasteiger partial charge >= 0.3 is 5.97 Å². The van der Waals surface area contributed by atoms with Crippen molar-refractivity contribution in [2.24, 2.45) is 0 Å². The largest absolute Gasteiger partial charge is 0.481 e. The Bertz CT molecular complexity index is 524. The summed E-state index contributed by atoms with van der Waals surface area (Å²) < 4.78 is 12.9. The van der Waals surface area contributed by atoms with Gasteiger partial charge in [-0.1, -0.05) is 0 Å². The number of aliphatic carboxylic acids is 1. The van der Waals surface area contributed by atoms with E-state index in [0.717, 1.165) is 6.20 Å². The van der Waals surface area contributed by atoms with Crippen LogP contribution < -0.4 is 0 Å². The fraction of sp³-hybridized carbons (Fsp3) is 0.100. The molecule has 0 aromatic carbocycles. The second kappa shape index (κ2) is 4.09. The number of aromatic nitrogens is 3. The Balaban J connectivity index is 2.28. The Morgan fingerprint density at radius 2 is 2.25 bits per heavy atom. The van der Waals surface area contributed by atoms with Gasteiger partial charge in [-0.2, -0.15) is 5.10 Å². The number of pyridine rings is 1. The van der Waals surface area contributed by atoms with Crippen LogP contribution in [-0.4, -0.2) is 26.3 Å². The Hall–Kier alpha value is -2.24. The molecule has 2 aromatic rings. The summed E-state index contributed by atoms with van der Waals surface area (Å²) in [6.45, 7) is 0. The fourth-order valence-corrected chi connectivity index (χ4v) is 1.31. The lowest BCUT2D eigenvalue weighted by atomic mass is 10.2. The van der Waals surface area contributed by atoms with Gasteiger partial charge in [-0.3, -0.25) is 14.9 Å². The van der Waals surface area contributed by atoms with Crippen molar-refractivity contribution in [2.75, 3.05) is 0 Å². The molecular weight excluding hydrogens is 213 g/mol. The van der Waals surface area contributed by atoms with Crippen LogP contribution in [0.4, 0.5) is 4.39 Å². The number of hydrogen-bond donors (Lipinski definition) is 2. The Morgan fingerprint density at radius 1 is 1.44 bits per heavy atom. The summed E-state index contributed by atoms with van der Waals surface area (Å²) in [7, 11) is 0. The van der Waals surface area contributed by atoms with Crippen molar-refractivity contribution < 1.29 is 14.3 Å². The molecule has 0 saturated carbocycles. The van der Waals surface area contributed by atoms with Crippen molar-refractivity contribution >= 4 is 5.97 Å². The van der Waals surface area contributed by atoms with Gasteiger partial charge in [-0.15, -0.1) is 0 Å². The molecule has 0 unspecified atom stereocenters. The second-order valence-electron chi connectivity index (χ2n) is 3.24. The predicted molar refractivity (Wildman–Crippen MR) is 53.1 cm³/mol.